The van der Waals surface area contributed by atoms with Crippen molar-refractivity contribution in [3.05, 3.63) is 41.6 Å². The highest BCUT2D eigenvalue weighted by molar-refractivity contribution is 7.99. The van der Waals surface area contributed by atoms with Crippen molar-refractivity contribution in [1.29, 1.82) is 5.26 Å². The van der Waals surface area contributed by atoms with Crippen molar-refractivity contribution in [3.8, 4) is 17.8 Å². The molecule has 0 saturated carbocycles. The zero-order chi connectivity index (χ0) is 22.2. The van der Waals surface area contributed by atoms with E-state index in [1.807, 2.05) is 0 Å². The minimum Gasteiger partial charge on any atom is -0.481 e. The van der Waals surface area contributed by atoms with Crippen LogP contribution >= 0.6 is 11.8 Å². The first-order valence-corrected chi connectivity index (χ1v) is 10.8. The summed E-state index contributed by atoms with van der Waals surface area (Å²) in [6, 6.07) is 8.67. The van der Waals surface area contributed by atoms with Crippen LogP contribution in [0, 0.1) is 11.3 Å². The number of hydrogen-bond acceptors (Lipinski definition) is 8. The number of thioether (sulfide) groups is 1. The zero-order valence-electron chi connectivity index (χ0n) is 17.4. The van der Waals surface area contributed by atoms with E-state index >= 15 is 0 Å². The van der Waals surface area contributed by atoms with Crippen molar-refractivity contribution >= 4 is 23.6 Å². The molecular weight excluding hydrogens is 418 g/mol. The van der Waals surface area contributed by atoms with Gasteiger partial charge >= 0.3 is 0 Å². The Bertz CT molecular complexity index is 994. The van der Waals surface area contributed by atoms with Crippen molar-refractivity contribution in [2.24, 2.45) is 0 Å². The lowest BCUT2D eigenvalue weighted by molar-refractivity contribution is 0.0181. The third-order valence-electron chi connectivity index (χ3n) is 4.64. The number of pyridine rings is 2. The van der Waals surface area contributed by atoms with Crippen LogP contribution in [0.1, 0.15) is 40.0 Å². The maximum atomic E-state index is 13.3. The van der Waals surface area contributed by atoms with Crippen molar-refractivity contribution in [2.75, 3.05) is 33.1 Å². The van der Waals surface area contributed by atoms with E-state index in [9.17, 15) is 9.59 Å². The second-order valence-corrected chi connectivity index (χ2v) is 7.67. The normalized spacial score (nSPS) is 13.1. The fourth-order valence-corrected chi connectivity index (χ4v) is 4.08. The van der Waals surface area contributed by atoms with Crippen LogP contribution in [0.2, 0.25) is 0 Å². The van der Waals surface area contributed by atoms with Crippen LogP contribution in [0.4, 0.5) is 0 Å². The molecule has 9 nitrogen and oxygen atoms in total. The van der Waals surface area contributed by atoms with Gasteiger partial charge in [-0.15, -0.1) is 11.8 Å². The average molecular weight is 442 g/mol. The van der Waals surface area contributed by atoms with Gasteiger partial charge in [0.2, 0.25) is 11.8 Å². The van der Waals surface area contributed by atoms with Gasteiger partial charge in [-0.2, -0.15) is 10.2 Å². The maximum absolute atomic E-state index is 13.3. The standard InChI is InChI=1S/C21H23N5O4S/c1-29-17-9-8-15(18(24-17)30-2)20(27)25-12-6-13-26(25)21(28)16-7-5-11-23-19(16)31-14-4-3-10-22/h5,7-9,11H,3-4,6,12-14H2,1-2H3. The predicted molar refractivity (Wildman–Crippen MR) is 114 cm³/mol. The van der Waals surface area contributed by atoms with E-state index in [0.29, 0.717) is 54.6 Å². The number of amides is 2. The molecule has 0 spiro atoms. The first kappa shape index (κ1) is 22.4. The Morgan fingerprint density at radius 2 is 1.87 bits per heavy atom. The maximum Gasteiger partial charge on any atom is 0.277 e. The highest BCUT2D eigenvalue weighted by atomic mass is 32.2. The van der Waals surface area contributed by atoms with Crippen LogP contribution < -0.4 is 9.47 Å². The second kappa shape index (κ2) is 10.6. The molecule has 3 heterocycles. The van der Waals surface area contributed by atoms with Crippen LogP contribution in [-0.4, -0.2) is 64.9 Å². The van der Waals surface area contributed by atoms with Gasteiger partial charge in [-0.05, 0) is 31.0 Å². The summed E-state index contributed by atoms with van der Waals surface area (Å²) >= 11 is 1.43. The number of methoxy groups -OCH3 is 2. The van der Waals surface area contributed by atoms with Crippen molar-refractivity contribution < 1.29 is 19.1 Å². The Morgan fingerprint density at radius 3 is 2.55 bits per heavy atom. The summed E-state index contributed by atoms with van der Waals surface area (Å²) in [5.41, 5.74) is 0.685. The molecule has 0 N–H and O–H groups in total. The molecule has 1 aliphatic rings. The first-order valence-electron chi connectivity index (χ1n) is 9.78. The number of carbonyl (C=O) groups excluding carboxylic acids is 2. The number of aromatic nitrogens is 2. The summed E-state index contributed by atoms with van der Waals surface area (Å²) in [6.07, 6.45) is 3.46. The molecule has 3 rings (SSSR count). The van der Waals surface area contributed by atoms with Gasteiger partial charge in [0.1, 0.15) is 10.6 Å². The Morgan fingerprint density at radius 1 is 1.13 bits per heavy atom. The minimum absolute atomic E-state index is 0.138. The van der Waals surface area contributed by atoms with Gasteiger partial charge in [0.15, 0.2) is 0 Å². The number of rotatable bonds is 8. The molecule has 2 aromatic heterocycles. The van der Waals surface area contributed by atoms with Gasteiger partial charge in [0.25, 0.3) is 11.8 Å². The number of ether oxygens (including phenoxy) is 2. The second-order valence-electron chi connectivity index (χ2n) is 6.59. The highest BCUT2D eigenvalue weighted by Crippen LogP contribution is 2.27. The predicted octanol–water partition coefficient (Wildman–Crippen LogP) is 2.79. The van der Waals surface area contributed by atoms with Crippen molar-refractivity contribution in [1.82, 2.24) is 20.0 Å². The van der Waals surface area contributed by atoms with Crippen molar-refractivity contribution in [2.45, 2.75) is 24.3 Å². The van der Waals surface area contributed by atoms with Gasteiger partial charge in [-0.25, -0.2) is 15.0 Å². The van der Waals surface area contributed by atoms with E-state index in [1.165, 1.54) is 36.0 Å². The van der Waals surface area contributed by atoms with Gasteiger partial charge in [0, 0.05) is 37.5 Å². The van der Waals surface area contributed by atoms with E-state index in [2.05, 4.69) is 16.0 Å². The Hall–Kier alpha value is -3.32. The molecule has 1 fully saturated rings. The van der Waals surface area contributed by atoms with Crippen LogP contribution in [0.3, 0.4) is 0 Å². The topological polar surface area (TPSA) is 109 Å². The van der Waals surface area contributed by atoms with Crippen molar-refractivity contribution in [3.63, 3.8) is 0 Å². The summed E-state index contributed by atoms with van der Waals surface area (Å²) in [7, 11) is 2.91. The quantitative estimate of drug-likeness (QED) is 0.454. The molecule has 1 saturated heterocycles. The fraction of sp³-hybridized carbons (Fsp3) is 0.381. The monoisotopic (exact) mass is 441 g/mol. The molecule has 0 unspecified atom stereocenters. The summed E-state index contributed by atoms with van der Waals surface area (Å²) in [5, 5.41) is 12.2. The molecule has 0 aromatic carbocycles. The number of nitrogens with zero attached hydrogens (tertiary/aromatic N) is 5. The van der Waals surface area contributed by atoms with Crippen LogP contribution in [0.25, 0.3) is 0 Å². The largest absolute Gasteiger partial charge is 0.481 e. The molecular formula is C21H23N5O4S. The number of carbonyl (C=O) groups is 2. The lowest BCUT2D eigenvalue weighted by Crippen LogP contribution is -2.45. The third kappa shape index (κ3) is 5.06. The summed E-state index contributed by atoms with van der Waals surface area (Å²) in [5.74, 6) is 0.490. The van der Waals surface area contributed by atoms with Gasteiger partial charge in [0.05, 0.1) is 25.9 Å². The van der Waals surface area contributed by atoms with Crippen LogP contribution in [-0.2, 0) is 0 Å². The molecule has 31 heavy (non-hydrogen) atoms. The molecule has 162 valence electrons. The third-order valence-corrected chi connectivity index (χ3v) is 5.73. The highest BCUT2D eigenvalue weighted by Gasteiger charge is 2.34. The molecule has 2 amide bonds. The van der Waals surface area contributed by atoms with E-state index in [4.69, 9.17) is 14.7 Å². The first-order chi connectivity index (χ1) is 15.1. The Kier molecular flexibility index (Phi) is 7.67. The summed E-state index contributed by atoms with van der Waals surface area (Å²) in [6.45, 7) is 0.828. The smallest absolute Gasteiger partial charge is 0.277 e. The number of unbranched alkanes of at least 4 members (excludes halogenated alkanes) is 1. The molecule has 10 heteroatoms. The number of nitriles is 1. The SMILES string of the molecule is COc1ccc(C(=O)N2CCCN2C(=O)c2cccnc2SCCCC#N)c(OC)n1. The Labute approximate surface area is 184 Å². The van der Waals surface area contributed by atoms with E-state index < -0.39 is 0 Å². The molecule has 1 aliphatic heterocycles. The molecule has 0 aliphatic carbocycles. The Balaban J connectivity index is 1.82. The average Bonchev–Trinajstić information content (AvgIpc) is 3.30. The van der Waals surface area contributed by atoms with E-state index in [0.717, 1.165) is 0 Å². The number of hydrogen-bond donors (Lipinski definition) is 0. The van der Waals surface area contributed by atoms with Gasteiger partial charge in [-0.3, -0.25) is 9.59 Å². The lowest BCUT2D eigenvalue weighted by atomic mass is 10.2. The number of hydrazine groups is 1. The molecule has 2 aromatic rings. The fourth-order valence-electron chi connectivity index (χ4n) is 3.16. The molecule has 0 atom stereocenters. The van der Waals surface area contributed by atoms with Gasteiger partial charge < -0.3 is 9.47 Å². The minimum atomic E-state index is -0.370. The summed E-state index contributed by atoms with van der Waals surface area (Å²) < 4.78 is 10.3. The van der Waals surface area contributed by atoms with E-state index in [-0.39, 0.29) is 23.3 Å². The lowest BCUT2D eigenvalue weighted by Gasteiger charge is -2.28. The van der Waals surface area contributed by atoms with Crippen LogP contribution in [0.15, 0.2) is 35.5 Å². The molecule has 0 radical (unpaired) electrons. The zero-order valence-corrected chi connectivity index (χ0v) is 18.2. The van der Waals surface area contributed by atoms with Crippen LogP contribution in [0.5, 0.6) is 11.8 Å². The molecule has 0 bridgehead atoms. The van der Waals surface area contributed by atoms with E-state index in [1.54, 1.807) is 30.5 Å². The van der Waals surface area contributed by atoms with Gasteiger partial charge in [-0.1, -0.05) is 0 Å². The summed E-state index contributed by atoms with van der Waals surface area (Å²) in [4.78, 5) is 35.0.